The highest BCUT2D eigenvalue weighted by atomic mass is 19.4. The highest BCUT2D eigenvalue weighted by molar-refractivity contribution is 6.04. The molecule has 0 aliphatic heterocycles. The van der Waals surface area contributed by atoms with Crippen molar-refractivity contribution in [2.45, 2.75) is 33.9 Å². The molecule has 6 nitrogen and oxygen atoms in total. The quantitative estimate of drug-likeness (QED) is 0.470. The van der Waals surface area contributed by atoms with Crippen LogP contribution in [0.25, 0.3) is 16.9 Å². The fourth-order valence-corrected chi connectivity index (χ4v) is 3.70. The molecular weight excluding hydrogens is 419 g/mol. The Kier molecular flexibility index (Phi) is 5.20. The zero-order valence-electron chi connectivity index (χ0n) is 17.9. The number of amides is 1. The SMILES string of the molecule is Cc1cc(C)nc(NC(=O)c2c(C)nc3c(C)cc(-c4ccccc4C(F)(F)F)nn23)c1. The maximum atomic E-state index is 13.5. The van der Waals surface area contributed by atoms with Gasteiger partial charge in [0.2, 0.25) is 0 Å². The number of anilines is 1. The monoisotopic (exact) mass is 439 g/mol. The number of carbonyl (C=O) groups excluding carboxylic acids is 1. The summed E-state index contributed by atoms with van der Waals surface area (Å²) in [5, 5.41) is 7.11. The van der Waals surface area contributed by atoms with E-state index < -0.39 is 17.6 Å². The molecule has 1 N–H and O–H groups in total. The molecule has 0 saturated heterocycles. The van der Waals surface area contributed by atoms with E-state index in [-0.39, 0.29) is 17.0 Å². The summed E-state index contributed by atoms with van der Waals surface area (Å²) in [7, 11) is 0. The fraction of sp³-hybridized carbons (Fsp3) is 0.217. The van der Waals surface area contributed by atoms with Gasteiger partial charge in [-0.3, -0.25) is 4.79 Å². The van der Waals surface area contributed by atoms with E-state index in [1.807, 2.05) is 19.9 Å². The third-order valence-electron chi connectivity index (χ3n) is 5.01. The normalized spacial score (nSPS) is 11.7. The van der Waals surface area contributed by atoms with Crippen LogP contribution in [0.2, 0.25) is 0 Å². The minimum absolute atomic E-state index is 0.0707. The predicted molar refractivity (Wildman–Crippen MR) is 115 cm³/mol. The van der Waals surface area contributed by atoms with E-state index in [2.05, 4.69) is 20.4 Å². The number of rotatable bonds is 3. The molecule has 0 unspecified atom stereocenters. The molecule has 0 spiro atoms. The van der Waals surface area contributed by atoms with Crippen LogP contribution < -0.4 is 5.32 Å². The Bertz CT molecular complexity index is 1340. The number of halogens is 3. The molecule has 1 amide bonds. The number of fused-ring (bicyclic) bond motifs is 1. The van der Waals surface area contributed by atoms with Crippen LogP contribution in [0.1, 0.15) is 38.6 Å². The van der Waals surface area contributed by atoms with E-state index in [1.165, 1.54) is 22.7 Å². The van der Waals surface area contributed by atoms with Crippen molar-refractivity contribution in [1.29, 1.82) is 0 Å². The lowest BCUT2D eigenvalue weighted by Crippen LogP contribution is -2.18. The second kappa shape index (κ2) is 7.74. The molecule has 0 bridgehead atoms. The van der Waals surface area contributed by atoms with Gasteiger partial charge in [0.1, 0.15) is 5.82 Å². The van der Waals surface area contributed by atoms with E-state index in [9.17, 15) is 18.0 Å². The van der Waals surface area contributed by atoms with Crippen molar-refractivity contribution in [3.8, 4) is 11.3 Å². The summed E-state index contributed by atoms with van der Waals surface area (Å²) in [6.45, 7) is 7.08. The lowest BCUT2D eigenvalue weighted by Gasteiger charge is -2.13. The van der Waals surface area contributed by atoms with Gasteiger partial charge in [-0.2, -0.15) is 18.3 Å². The Morgan fingerprint density at radius 2 is 1.72 bits per heavy atom. The molecule has 1 aromatic carbocycles. The van der Waals surface area contributed by atoms with Gasteiger partial charge in [0.25, 0.3) is 5.91 Å². The van der Waals surface area contributed by atoms with E-state index in [4.69, 9.17) is 0 Å². The van der Waals surface area contributed by atoms with Gasteiger partial charge in [-0.05, 0) is 63.1 Å². The van der Waals surface area contributed by atoms with E-state index >= 15 is 0 Å². The first-order valence-corrected chi connectivity index (χ1v) is 9.85. The average molecular weight is 439 g/mol. The summed E-state index contributed by atoms with van der Waals surface area (Å²) in [5.74, 6) is -0.127. The largest absolute Gasteiger partial charge is 0.417 e. The molecule has 4 aromatic rings. The van der Waals surface area contributed by atoms with E-state index in [0.29, 0.717) is 22.7 Å². The zero-order chi connectivity index (χ0) is 23.2. The molecule has 32 heavy (non-hydrogen) atoms. The Morgan fingerprint density at radius 3 is 2.41 bits per heavy atom. The number of carbonyl (C=O) groups is 1. The minimum Gasteiger partial charge on any atom is -0.305 e. The molecule has 164 valence electrons. The maximum Gasteiger partial charge on any atom is 0.417 e. The highest BCUT2D eigenvalue weighted by Crippen LogP contribution is 2.36. The second-order valence-electron chi connectivity index (χ2n) is 7.66. The summed E-state index contributed by atoms with van der Waals surface area (Å²) in [6.07, 6.45) is -4.54. The lowest BCUT2D eigenvalue weighted by atomic mass is 10.0. The summed E-state index contributed by atoms with van der Waals surface area (Å²) in [6, 6.07) is 10.4. The first-order chi connectivity index (χ1) is 15.0. The summed E-state index contributed by atoms with van der Waals surface area (Å²) in [5.41, 5.74) is 2.44. The number of imidazole rings is 1. The molecule has 0 atom stereocenters. The molecular formula is C23H20F3N5O. The first kappa shape index (κ1) is 21.5. The molecule has 0 fully saturated rings. The van der Waals surface area contributed by atoms with Crippen LogP contribution in [-0.4, -0.2) is 25.5 Å². The molecule has 0 saturated carbocycles. The Morgan fingerprint density at radius 1 is 1.00 bits per heavy atom. The van der Waals surface area contributed by atoms with Gasteiger partial charge in [-0.15, -0.1) is 0 Å². The number of hydrogen-bond donors (Lipinski definition) is 1. The van der Waals surface area contributed by atoms with Gasteiger partial charge in [0.15, 0.2) is 11.3 Å². The number of benzene rings is 1. The second-order valence-corrected chi connectivity index (χ2v) is 7.66. The predicted octanol–water partition coefficient (Wildman–Crippen LogP) is 5.30. The van der Waals surface area contributed by atoms with Crippen LogP contribution >= 0.6 is 0 Å². The number of aromatic nitrogens is 4. The maximum absolute atomic E-state index is 13.5. The minimum atomic E-state index is -4.54. The van der Waals surface area contributed by atoms with E-state index in [0.717, 1.165) is 17.3 Å². The molecule has 3 aromatic heterocycles. The van der Waals surface area contributed by atoms with Gasteiger partial charge >= 0.3 is 6.18 Å². The van der Waals surface area contributed by atoms with Gasteiger partial charge in [0, 0.05) is 11.3 Å². The van der Waals surface area contributed by atoms with Gasteiger partial charge in [-0.1, -0.05) is 18.2 Å². The number of alkyl halides is 3. The van der Waals surface area contributed by atoms with Crippen molar-refractivity contribution in [3.05, 3.63) is 76.2 Å². The fourth-order valence-electron chi connectivity index (χ4n) is 3.70. The summed E-state index contributed by atoms with van der Waals surface area (Å²) < 4.78 is 41.9. The molecule has 9 heteroatoms. The van der Waals surface area contributed by atoms with Gasteiger partial charge < -0.3 is 5.32 Å². The number of pyridine rings is 1. The average Bonchev–Trinajstić information content (AvgIpc) is 3.03. The van der Waals surface area contributed by atoms with E-state index in [1.54, 1.807) is 26.0 Å². The number of nitrogens with one attached hydrogen (secondary N) is 1. The van der Waals surface area contributed by atoms with Crippen molar-refractivity contribution in [2.24, 2.45) is 0 Å². The lowest BCUT2D eigenvalue weighted by molar-refractivity contribution is -0.137. The Labute approximate surface area is 182 Å². The molecule has 4 rings (SSSR count). The summed E-state index contributed by atoms with van der Waals surface area (Å²) in [4.78, 5) is 21.8. The number of aryl methyl sites for hydroxylation is 4. The third-order valence-corrected chi connectivity index (χ3v) is 5.01. The molecule has 0 radical (unpaired) electrons. The van der Waals surface area contributed by atoms with Crippen molar-refractivity contribution in [2.75, 3.05) is 5.32 Å². The molecule has 3 heterocycles. The van der Waals surface area contributed by atoms with Crippen LogP contribution in [0, 0.1) is 27.7 Å². The van der Waals surface area contributed by atoms with Crippen LogP contribution in [0.5, 0.6) is 0 Å². The number of nitrogens with zero attached hydrogens (tertiary/aromatic N) is 4. The van der Waals surface area contributed by atoms with Crippen LogP contribution in [-0.2, 0) is 6.18 Å². The Balaban J connectivity index is 1.85. The third kappa shape index (κ3) is 3.93. The standard InChI is InChI=1S/C23H20F3N5O/c1-12-9-14(3)27-19(10-12)29-22(32)20-15(4)28-21-13(2)11-18(30-31(20)21)16-7-5-6-8-17(16)23(24,25)26/h5-11H,1-4H3,(H,27,29,32). The smallest absolute Gasteiger partial charge is 0.305 e. The Hall–Kier alpha value is -3.75. The summed E-state index contributed by atoms with van der Waals surface area (Å²) >= 11 is 0. The number of hydrogen-bond acceptors (Lipinski definition) is 4. The van der Waals surface area contributed by atoms with Crippen LogP contribution in [0.4, 0.5) is 19.0 Å². The molecule has 0 aliphatic rings. The van der Waals surface area contributed by atoms with Crippen molar-refractivity contribution in [1.82, 2.24) is 19.6 Å². The zero-order valence-corrected chi connectivity index (χ0v) is 17.9. The van der Waals surface area contributed by atoms with Gasteiger partial charge in [0.05, 0.1) is 17.0 Å². The first-order valence-electron chi connectivity index (χ1n) is 9.85. The highest BCUT2D eigenvalue weighted by Gasteiger charge is 2.34. The van der Waals surface area contributed by atoms with Crippen molar-refractivity contribution < 1.29 is 18.0 Å². The van der Waals surface area contributed by atoms with Crippen LogP contribution in [0.15, 0.2) is 42.5 Å². The van der Waals surface area contributed by atoms with Crippen molar-refractivity contribution in [3.63, 3.8) is 0 Å². The van der Waals surface area contributed by atoms with Gasteiger partial charge in [-0.25, -0.2) is 14.5 Å². The molecule has 0 aliphatic carbocycles. The van der Waals surface area contributed by atoms with Crippen molar-refractivity contribution >= 4 is 17.4 Å². The topological polar surface area (TPSA) is 72.2 Å². The van der Waals surface area contributed by atoms with Crippen LogP contribution in [0.3, 0.4) is 0 Å².